The fourth-order valence-corrected chi connectivity index (χ4v) is 2.10. The van der Waals surface area contributed by atoms with Gasteiger partial charge in [0.1, 0.15) is 0 Å². The van der Waals surface area contributed by atoms with Gasteiger partial charge in [-0.05, 0) is 22.9 Å². The summed E-state index contributed by atoms with van der Waals surface area (Å²) in [6.45, 7) is 2.55. The van der Waals surface area contributed by atoms with Crippen LogP contribution in [0.15, 0.2) is 3.92 Å². The topological polar surface area (TPSA) is 38.9 Å². The van der Waals surface area contributed by atoms with Gasteiger partial charge in [-0.15, -0.1) is 28.3 Å². The molecule has 0 saturated carbocycles. The zero-order valence-corrected chi connectivity index (χ0v) is 9.54. The Balaban J connectivity index is 0.000000810. The summed E-state index contributed by atoms with van der Waals surface area (Å²) in [5.41, 5.74) is 6.45. The summed E-state index contributed by atoms with van der Waals surface area (Å²) in [5, 5.41) is 0. The Labute approximate surface area is 82.7 Å². The first-order valence-corrected chi connectivity index (χ1v) is 4.17. The van der Waals surface area contributed by atoms with Crippen molar-refractivity contribution >= 4 is 44.2 Å². The number of aromatic nitrogens is 1. The third-order valence-electron chi connectivity index (χ3n) is 1.05. The smallest absolute Gasteiger partial charge is 0.159 e. The van der Waals surface area contributed by atoms with Gasteiger partial charge in [-0.3, -0.25) is 0 Å². The lowest BCUT2D eigenvalue weighted by molar-refractivity contribution is 1.06. The van der Waals surface area contributed by atoms with Crippen LogP contribution in [-0.2, 0) is 6.54 Å². The number of thiazole rings is 1. The minimum Gasteiger partial charge on any atom is -0.326 e. The molecule has 0 fully saturated rings. The highest BCUT2D eigenvalue weighted by atomic mass is 79.9. The number of aryl methyl sites for hydroxylation is 1. The maximum absolute atomic E-state index is 5.41. The molecule has 5 heteroatoms. The van der Waals surface area contributed by atoms with Gasteiger partial charge in [-0.2, -0.15) is 0 Å². The van der Waals surface area contributed by atoms with E-state index < -0.39 is 0 Å². The van der Waals surface area contributed by atoms with E-state index in [0.29, 0.717) is 6.54 Å². The standard InChI is InChI=1S/C5H7BrN2S.BrH/c1-3-4(2-7)9-5(6)8-3;/h2,7H2,1H3;1H. The van der Waals surface area contributed by atoms with Crippen molar-refractivity contribution in [3.05, 3.63) is 14.5 Å². The van der Waals surface area contributed by atoms with Crippen LogP contribution in [0.25, 0.3) is 0 Å². The molecule has 2 nitrogen and oxygen atoms in total. The maximum atomic E-state index is 5.41. The summed E-state index contributed by atoms with van der Waals surface area (Å²) in [6, 6.07) is 0. The second kappa shape index (κ2) is 4.43. The highest BCUT2D eigenvalue weighted by Gasteiger charge is 2.01. The molecular formula is C5H8Br2N2S. The van der Waals surface area contributed by atoms with E-state index in [9.17, 15) is 0 Å². The van der Waals surface area contributed by atoms with Crippen LogP contribution in [0, 0.1) is 6.92 Å². The van der Waals surface area contributed by atoms with Crippen molar-refractivity contribution < 1.29 is 0 Å². The van der Waals surface area contributed by atoms with E-state index in [1.54, 1.807) is 11.3 Å². The van der Waals surface area contributed by atoms with Gasteiger partial charge in [0.15, 0.2) is 3.92 Å². The predicted octanol–water partition coefficient (Wildman–Crippen LogP) is 2.25. The molecule has 1 rings (SSSR count). The second-order valence-electron chi connectivity index (χ2n) is 1.68. The van der Waals surface area contributed by atoms with E-state index >= 15 is 0 Å². The van der Waals surface area contributed by atoms with Crippen molar-refractivity contribution in [3.63, 3.8) is 0 Å². The lowest BCUT2D eigenvalue weighted by atomic mass is 10.4. The van der Waals surface area contributed by atoms with Crippen molar-refractivity contribution in [2.75, 3.05) is 0 Å². The van der Waals surface area contributed by atoms with E-state index in [2.05, 4.69) is 20.9 Å². The molecule has 1 heterocycles. The molecule has 1 aromatic rings. The van der Waals surface area contributed by atoms with Crippen LogP contribution in [0.5, 0.6) is 0 Å². The minimum atomic E-state index is 0. The molecule has 0 aliphatic heterocycles. The molecule has 0 aliphatic carbocycles. The zero-order chi connectivity index (χ0) is 6.85. The summed E-state index contributed by atoms with van der Waals surface area (Å²) >= 11 is 4.87. The maximum Gasteiger partial charge on any atom is 0.159 e. The first-order valence-electron chi connectivity index (χ1n) is 2.56. The predicted molar refractivity (Wildman–Crippen MR) is 52.8 cm³/mol. The molecule has 0 aromatic carbocycles. The molecule has 58 valence electrons. The Bertz CT molecular complexity index is 211. The van der Waals surface area contributed by atoms with Crippen molar-refractivity contribution in [1.29, 1.82) is 0 Å². The van der Waals surface area contributed by atoms with E-state index in [1.165, 1.54) is 0 Å². The Morgan fingerprint density at radius 3 is 2.50 bits per heavy atom. The number of nitrogens with two attached hydrogens (primary N) is 1. The van der Waals surface area contributed by atoms with Gasteiger partial charge in [0, 0.05) is 11.4 Å². The monoisotopic (exact) mass is 286 g/mol. The molecule has 1 aromatic heterocycles. The van der Waals surface area contributed by atoms with Gasteiger partial charge >= 0.3 is 0 Å². The summed E-state index contributed by atoms with van der Waals surface area (Å²) in [6.07, 6.45) is 0. The first kappa shape index (κ1) is 10.6. The van der Waals surface area contributed by atoms with E-state index in [1.807, 2.05) is 6.92 Å². The highest BCUT2D eigenvalue weighted by Crippen LogP contribution is 2.21. The third kappa shape index (κ3) is 2.30. The Hall–Kier alpha value is 0.550. The molecule has 0 saturated heterocycles. The fourth-order valence-electron chi connectivity index (χ4n) is 0.582. The van der Waals surface area contributed by atoms with Crippen LogP contribution in [0.2, 0.25) is 0 Å². The molecule has 0 amide bonds. The van der Waals surface area contributed by atoms with Gasteiger partial charge in [0.05, 0.1) is 5.69 Å². The lowest BCUT2D eigenvalue weighted by Crippen LogP contribution is -1.94. The van der Waals surface area contributed by atoms with Crippen LogP contribution >= 0.6 is 44.2 Å². The lowest BCUT2D eigenvalue weighted by Gasteiger charge is -1.85. The summed E-state index contributed by atoms with van der Waals surface area (Å²) in [4.78, 5) is 5.29. The van der Waals surface area contributed by atoms with Crippen molar-refractivity contribution in [2.45, 2.75) is 13.5 Å². The number of rotatable bonds is 1. The molecule has 0 atom stereocenters. The molecule has 0 bridgehead atoms. The SMILES string of the molecule is Br.Cc1nc(Br)sc1CN. The minimum absolute atomic E-state index is 0. The average Bonchev–Trinajstić information content (AvgIpc) is 2.10. The normalized spacial score (nSPS) is 9.10. The van der Waals surface area contributed by atoms with Gasteiger partial charge in [0.2, 0.25) is 0 Å². The van der Waals surface area contributed by atoms with Gasteiger partial charge < -0.3 is 5.73 Å². The van der Waals surface area contributed by atoms with Crippen LogP contribution in [0.3, 0.4) is 0 Å². The molecule has 10 heavy (non-hydrogen) atoms. The quantitative estimate of drug-likeness (QED) is 0.860. The number of hydrogen-bond acceptors (Lipinski definition) is 3. The Morgan fingerprint density at radius 1 is 1.70 bits per heavy atom. The highest BCUT2D eigenvalue weighted by molar-refractivity contribution is 9.11. The number of halogens is 2. The third-order valence-corrected chi connectivity index (χ3v) is 2.68. The van der Waals surface area contributed by atoms with Gasteiger partial charge in [-0.1, -0.05) is 0 Å². The fraction of sp³-hybridized carbons (Fsp3) is 0.400. The van der Waals surface area contributed by atoms with E-state index in [0.717, 1.165) is 14.5 Å². The van der Waals surface area contributed by atoms with Gasteiger partial charge in [0.25, 0.3) is 0 Å². The van der Waals surface area contributed by atoms with Crippen LogP contribution in [0.4, 0.5) is 0 Å². The van der Waals surface area contributed by atoms with Crippen molar-refractivity contribution in [2.24, 2.45) is 5.73 Å². The average molecular weight is 288 g/mol. The Kier molecular flexibility index (Phi) is 4.68. The molecule has 2 N–H and O–H groups in total. The molecule has 0 aliphatic rings. The number of nitrogens with zero attached hydrogens (tertiary/aromatic N) is 1. The number of hydrogen-bond donors (Lipinski definition) is 1. The summed E-state index contributed by atoms with van der Waals surface area (Å²) < 4.78 is 0.917. The largest absolute Gasteiger partial charge is 0.326 e. The summed E-state index contributed by atoms with van der Waals surface area (Å²) in [5.74, 6) is 0. The Morgan fingerprint density at radius 2 is 2.30 bits per heavy atom. The van der Waals surface area contributed by atoms with Gasteiger partial charge in [-0.25, -0.2) is 4.98 Å². The molecular weight excluding hydrogens is 280 g/mol. The van der Waals surface area contributed by atoms with Crippen LogP contribution in [-0.4, -0.2) is 4.98 Å². The molecule has 0 unspecified atom stereocenters. The molecule has 0 spiro atoms. The van der Waals surface area contributed by atoms with Crippen LogP contribution < -0.4 is 5.73 Å². The molecule has 0 radical (unpaired) electrons. The second-order valence-corrected chi connectivity index (χ2v) is 4.04. The zero-order valence-electron chi connectivity index (χ0n) is 5.43. The van der Waals surface area contributed by atoms with Crippen LogP contribution in [0.1, 0.15) is 10.6 Å². The first-order chi connectivity index (χ1) is 4.24. The van der Waals surface area contributed by atoms with E-state index in [4.69, 9.17) is 5.73 Å². The van der Waals surface area contributed by atoms with E-state index in [-0.39, 0.29) is 17.0 Å². The van der Waals surface area contributed by atoms with Crippen molar-refractivity contribution in [1.82, 2.24) is 4.98 Å². The summed E-state index contributed by atoms with van der Waals surface area (Å²) in [7, 11) is 0. The van der Waals surface area contributed by atoms with Crippen molar-refractivity contribution in [3.8, 4) is 0 Å².